The molecule has 2 atom stereocenters. The van der Waals surface area contributed by atoms with Gasteiger partial charge in [0.05, 0.1) is 6.10 Å². The van der Waals surface area contributed by atoms with Gasteiger partial charge in [-0.3, -0.25) is 4.98 Å². The first kappa shape index (κ1) is 12.1. The SMILES string of the molecule is CC(O)CC(C)NCCc1ccccn1. The predicted molar refractivity (Wildman–Crippen MR) is 61.7 cm³/mol. The highest BCUT2D eigenvalue weighted by Gasteiger charge is 2.04. The van der Waals surface area contributed by atoms with Crippen LogP contribution in [0.3, 0.4) is 0 Å². The molecular weight excluding hydrogens is 188 g/mol. The van der Waals surface area contributed by atoms with E-state index in [1.165, 1.54) is 0 Å². The van der Waals surface area contributed by atoms with Crippen molar-refractivity contribution in [1.29, 1.82) is 0 Å². The lowest BCUT2D eigenvalue weighted by Crippen LogP contribution is -2.30. The number of hydrogen-bond acceptors (Lipinski definition) is 3. The molecule has 0 fully saturated rings. The number of hydrogen-bond donors (Lipinski definition) is 2. The zero-order valence-electron chi connectivity index (χ0n) is 9.48. The van der Waals surface area contributed by atoms with Gasteiger partial charge in [-0.25, -0.2) is 0 Å². The molecule has 1 aromatic rings. The Balaban J connectivity index is 2.16. The molecule has 0 aromatic carbocycles. The molecule has 1 heterocycles. The molecule has 2 unspecified atom stereocenters. The Hall–Kier alpha value is -0.930. The maximum atomic E-state index is 9.19. The van der Waals surface area contributed by atoms with Crippen molar-refractivity contribution in [2.75, 3.05) is 6.54 Å². The fraction of sp³-hybridized carbons (Fsp3) is 0.583. The number of nitrogens with one attached hydrogen (secondary N) is 1. The minimum absolute atomic E-state index is 0.234. The predicted octanol–water partition coefficient (Wildman–Crippen LogP) is 1.37. The number of aliphatic hydroxyl groups is 1. The first-order valence-corrected chi connectivity index (χ1v) is 5.50. The van der Waals surface area contributed by atoms with E-state index < -0.39 is 0 Å². The van der Waals surface area contributed by atoms with E-state index in [9.17, 15) is 5.11 Å². The number of rotatable bonds is 6. The summed E-state index contributed by atoms with van der Waals surface area (Å²) in [5, 5.41) is 12.5. The fourth-order valence-corrected chi connectivity index (χ4v) is 1.59. The van der Waals surface area contributed by atoms with Crippen molar-refractivity contribution >= 4 is 0 Å². The highest BCUT2D eigenvalue weighted by atomic mass is 16.3. The van der Waals surface area contributed by atoms with Crippen molar-refractivity contribution in [1.82, 2.24) is 10.3 Å². The summed E-state index contributed by atoms with van der Waals surface area (Å²) in [4.78, 5) is 4.25. The van der Waals surface area contributed by atoms with Gasteiger partial charge in [0.25, 0.3) is 0 Å². The summed E-state index contributed by atoms with van der Waals surface area (Å²) in [6.45, 7) is 4.81. The summed E-state index contributed by atoms with van der Waals surface area (Å²) < 4.78 is 0. The van der Waals surface area contributed by atoms with E-state index >= 15 is 0 Å². The molecule has 0 aliphatic heterocycles. The maximum absolute atomic E-state index is 9.19. The summed E-state index contributed by atoms with van der Waals surface area (Å²) in [6, 6.07) is 6.31. The molecule has 3 heteroatoms. The van der Waals surface area contributed by atoms with Crippen molar-refractivity contribution in [3.63, 3.8) is 0 Å². The zero-order chi connectivity index (χ0) is 11.1. The highest BCUT2D eigenvalue weighted by Crippen LogP contribution is 1.98. The fourth-order valence-electron chi connectivity index (χ4n) is 1.59. The molecule has 0 bridgehead atoms. The number of pyridine rings is 1. The third-order valence-corrected chi connectivity index (χ3v) is 2.29. The van der Waals surface area contributed by atoms with E-state index in [0.29, 0.717) is 6.04 Å². The van der Waals surface area contributed by atoms with Crippen molar-refractivity contribution < 1.29 is 5.11 Å². The average Bonchev–Trinajstić information content (AvgIpc) is 2.18. The van der Waals surface area contributed by atoms with Crippen molar-refractivity contribution in [2.24, 2.45) is 0 Å². The third kappa shape index (κ3) is 5.50. The quantitative estimate of drug-likeness (QED) is 0.742. The molecule has 0 radical (unpaired) electrons. The normalized spacial score (nSPS) is 14.9. The second-order valence-electron chi connectivity index (χ2n) is 4.01. The van der Waals surface area contributed by atoms with Crippen LogP contribution in [0.25, 0.3) is 0 Å². The minimum atomic E-state index is -0.234. The maximum Gasteiger partial charge on any atom is 0.0526 e. The van der Waals surface area contributed by atoms with Crippen LogP contribution in [0.2, 0.25) is 0 Å². The Bertz CT molecular complexity index is 262. The molecule has 3 nitrogen and oxygen atoms in total. The van der Waals surface area contributed by atoms with Crippen LogP contribution < -0.4 is 5.32 Å². The van der Waals surface area contributed by atoms with Crippen LogP contribution in [0.5, 0.6) is 0 Å². The number of aromatic nitrogens is 1. The van der Waals surface area contributed by atoms with E-state index in [-0.39, 0.29) is 6.10 Å². The molecular formula is C12H20N2O. The molecule has 0 spiro atoms. The number of nitrogens with zero attached hydrogens (tertiary/aromatic N) is 1. The van der Waals surface area contributed by atoms with Gasteiger partial charge < -0.3 is 10.4 Å². The van der Waals surface area contributed by atoms with Crippen LogP contribution in [0.4, 0.5) is 0 Å². The smallest absolute Gasteiger partial charge is 0.0526 e. The molecule has 0 aliphatic carbocycles. The average molecular weight is 208 g/mol. The first-order valence-electron chi connectivity index (χ1n) is 5.50. The van der Waals surface area contributed by atoms with Gasteiger partial charge in [0, 0.05) is 30.9 Å². The Morgan fingerprint density at radius 2 is 2.20 bits per heavy atom. The van der Waals surface area contributed by atoms with E-state index in [1.807, 2.05) is 31.3 Å². The Labute approximate surface area is 91.5 Å². The highest BCUT2D eigenvalue weighted by molar-refractivity contribution is 5.03. The molecule has 0 amide bonds. The number of aliphatic hydroxyl groups excluding tert-OH is 1. The minimum Gasteiger partial charge on any atom is -0.393 e. The standard InChI is InChI=1S/C12H20N2O/c1-10(9-11(2)15)13-8-6-12-5-3-4-7-14-12/h3-5,7,10-11,13,15H,6,8-9H2,1-2H3. The Morgan fingerprint density at radius 3 is 2.80 bits per heavy atom. The molecule has 0 aliphatic rings. The molecule has 0 saturated heterocycles. The van der Waals surface area contributed by atoms with Crippen LogP contribution >= 0.6 is 0 Å². The molecule has 2 N–H and O–H groups in total. The lowest BCUT2D eigenvalue weighted by molar-refractivity contribution is 0.171. The zero-order valence-corrected chi connectivity index (χ0v) is 9.48. The lowest BCUT2D eigenvalue weighted by atomic mass is 10.1. The van der Waals surface area contributed by atoms with E-state index in [1.54, 1.807) is 0 Å². The lowest BCUT2D eigenvalue weighted by Gasteiger charge is -2.14. The van der Waals surface area contributed by atoms with Gasteiger partial charge >= 0.3 is 0 Å². The largest absolute Gasteiger partial charge is 0.393 e. The van der Waals surface area contributed by atoms with Crippen LogP contribution in [-0.2, 0) is 6.42 Å². The summed E-state index contributed by atoms with van der Waals surface area (Å²) in [6.07, 6.45) is 3.31. The van der Waals surface area contributed by atoms with Gasteiger partial charge in [0.15, 0.2) is 0 Å². The van der Waals surface area contributed by atoms with Crippen molar-refractivity contribution in [2.45, 2.75) is 38.8 Å². The van der Waals surface area contributed by atoms with Crippen LogP contribution in [0.15, 0.2) is 24.4 Å². The second-order valence-corrected chi connectivity index (χ2v) is 4.01. The summed E-state index contributed by atoms with van der Waals surface area (Å²) >= 11 is 0. The molecule has 84 valence electrons. The van der Waals surface area contributed by atoms with E-state index in [4.69, 9.17) is 0 Å². The van der Waals surface area contributed by atoms with E-state index in [0.717, 1.165) is 25.1 Å². The van der Waals surface area contributed by atoms with Gasteiger partial charge in [-0.15, -0.1) is 0 Å². The first-order chi connectivity index (χ1) is 7.18. The third-order valence-electron chi connectivity index (χ3n) is 2.29. The van der Waals surface area contributed by atoms with Crippen LogP contribution in [-0.4, -0.2) is 28.8 Å². The molecule has 15 heavy (non-hydrogen) atoms. The molecule has 0 saturated carbocycles. The summed E-state index contributed by atoms with van der Waals surface area (Å²) in [5.74, 6) is 0. The Kier molecular flexibility index (Phi) is 5.29. The van der Waals surface area contributed by atoms with Crippen molar-refractivity contribution in [3.8, 4) is 0 Å². The van der Waals surface area contributed by atoms with Gasteiger partial charge in [0.2, 0.25) is 0 Å². The molecule has 1 aromatic heterocycles. The Morgan fingerprint density at radius 1 is 1.40 bits per heavy atom. The molecule has 1 rings (SSSR count). The van der Waals surface area contributed by atoms with Gasteiger partial charge in [-0.2, -0.15) is 0 Å². The van der Waals surface area contributed by atoms with Gasteiger partial charge in [0.1, 0.15) is 0 Å². The summed E-state index contributed by atoms with van der Waals surface area (Å²) in [7, 11) is 0. The van der Waals surface area contributed by atoms with Gasteiger partial charge in [-0.05, 0) is 32.4 Å². The van der Waals surface area contributed by atoms with Crippen molar-refractivity contribution in [3.05, 3.63) is 30.1 Å². The van der Waals surface area contributed by atoms with E-state index in [2.05, 4.69) is 17.2 Å². The topological polar surface area (TPSA) is 45.1 Å². The van der Waals surface area contributed by atoms with Gasteiger partial charge in [-0.1, -0.05) is 6.07 Å². The van der Waals surface area contributed by atoms with Crippen LogP contribution in [0, 0.1) is 0 Å². The summed E-state index contributed by atoms with van der Waals surface area (Å²) in [5.41, 5.74) is 1.11. The second kappa shape index (κ2) is 6.53. The monoisotopic (exact) mass is 208 g/mol. The van der Waals surface area contributed by atoms with Crippen LogP contribution in [0.1, 0.15) is 26.0 Å².